The first-order valence-electron chi connectivity index (χ1n) is 10.3. The van der Waals surface area contributed by atoms with E-state index in [-0.39, 0.29) is 24.4 Å². The molecule has 2 aromatic rings. The summed E-state index contributed by atoms with van der Waals surface area (Å²) in [7, 11) is 0. The van der Waals surface area contributed by atoms with Gasteiger partial charge in [-0.05, 0) is 42.5 Å². The van der Waals surface area contributed by atoms with Gasteiger partial charge in [0, 0.05) is 18.9 Å². The highest BCUT2D eigenvalue weighted by Crippen LogP contribution is 2.33. The van der Waals surface area contributed by atoms with E-state index in [1.807, 2.05) is 65.7 Å². The van der Waals surface area contributed by atoms with Crippen LogP contribution in [0.3, 0.4) is 0 Å². The van der Waals surface area contributed by atoms with E-state index in [2.05, 4.69) is 4.98 Å². The van der Waals surface area contributed by atoms with Gasteiger partial charge in [-0.15, -0.1) is 0 Å². The molecule has 5 nitrogen and oxygen atoms in total. The summed E-state index contributed by atoms with van der Waals surface area (Å²) >= 11 is 6.64. The zero-order chi connectivity index (χ0) is 21.6. The molecule has 1 atom stereocenters. The predicted octanol–water partition coefficient (Wildman–Crippen LogP) is 4.59. The average molecular weight is 450 g/mol. The van der Waals surface area contributed by atoms with Gasteiger partial charge < -0.3 is 4.90 Å². The van der Waals surface area contributed by atoms with Crippen LogP contribution in [0.5, 0.6) is 0 Å². The van der Waals surface area contributed by atoms with E-state index in [0.29, 0.717) is 15.8 Å². The highest BCUT2D eigenvalue weighted by Gasteiger charge is 2.36. The lowest BCUT2D eigenvalue weighted by molar-refractivity contribution is -0.138. The fraction of sp³-hybridized carbons (Fsp3) is 0.250. The maximum Gasteiger partial charge on any atom is 0.266 e. The number of hydrogen-bond donors (Lipinski definition) is 0. The van der Waals surface area contributed by atoms with E-state index in [1.165, 1.54) is 16.7 Å². The average Bonchev–Trinajstić information content (AvgIpc) is 3.08. The minimum absolute atomic E-state index is 0.00213. The number of allylic oxidation sites excluding steroid dienone is 2. The molecular weight excluding hydrogens is 426 g/mol. The first-order valence-corrected chi connectivity index (χ1v) is 11.5. The summed E-state index contributed by atoms with van der Waals surface area (Å²) in [5, 5.41) is 0. The Labute approximate surface area is 191 Å². The van der Waals surface area contributed by atoms with Gasteiger partial charge in [-0.3, -0.25) is 19.5 Å². The van der Waals surface area contributed by atoms with Crippen molar-refractivity contribution in [3.8, 4) is 0 Å². The molecule has 0 radical (unpaired) electrons. The highest BCUT2D eigenvalue weighted by atomic mass is 32.2. The highest BCUT2D eigenvalue weighted by molar-refractivity contribution is 8.26. The first-order chi connectivity index (χ1) is 15.1. The van der Waals surface area contributed by atoms with E-state index in [4.69, 9.17) is 12.2 Å². The molecule has 31 heavy (non-hydrogen) atoms. The molecule has 0 spiro atoms. The van der Waals surface area contributed by atoms with Gasteiger partial charge in [0.25, 0.3) is 5.91 Å². The molecular formula is C24H23N3O2S2. The number of likely N-dealkylation sites (tertiary alicyclic amines) is 1. The smallest absolute Gasteiger partial charge is 0.266 e. The topological polar surface area (TPSA) is 53.5 Å². The molecule has 2 amide bonds. The number of benzene rings is 1. The molecule has 0 saturated carbocycles. The number of pyridine rings is 1. The third-order valence-corrected chi connectivity index (χ3v) is 6.79. The molecule has 2 saturated heterocycles. The number of nitrogens with zero attached hydrogens (tertiary/aromatic N) is 3. The number of amides is 2. The Morgan fingerprint density at radius 1 is 1.19 bits per heavy atom. The monoisotopic (exact) mass is 449 g/mol. The maximum atomic E-state index is 13.1. The van der Waals surface area contributed by atoms with Crippen LogP contribution in [-0.2, 0) is 9.59 Å². The van der Waals surface area contributed by atoms with Crippen LogP contribution >= 0.6 is 24.0 Å². The van der Waals surface area contributed by atoms with Crippen LogP contribution in [0.25, 0.3) is 6.08 Å². The lowest BCUT2D eigenvalue weighted by Gasteiger charge is -2.36. The van der Waals surface area contributed by atoms with Crippen molar-refractivity contribution in [2.45, 2.75) is 25.3 Å². The summed E-state index contributed by atoms with van der Waals surface area (Å²) in [6.07, 6.45) is 12.0. The largest absolute Gasteiger partial charge is 0.334 e. The molecule has 0 bridgehead atoms. The Morgan fingerprint density at radius 2 is 2.03 bits per heavy atom. The lowest BCUT2D eigenvalue weighted by Crippen LogP contribution is -2.45. The normalized spacial score (nSPS) is 20.8. The van der Waals surface area contributed by atoms with Crippen LogP contribution < -0.4 is 0 Å². The number of aromatic nitrogens is 1. The molecule has 3 heterocycles. The van der Waals surface area contributed by atoms with Crippen LogP contribution in [0.4, 0.5) is 0 Å². The number of thiocarbonyl (C=S) groups is 1. The van der Waals surface area contributed by atoms with Crippen LogP contribution in [0, 0.1) is 0 Å². The molecule has 7 heteroatoms. The van der Waals surface area contributed by atoms with Gasteiger partial charge in [0.2, 0.25) is 5.91 Å². The summed E-state index contributed by atoms with van der Waals surface area (Å²) in [5.74, 6) is -0.290. The van der Waals surface area contributed by atoms with Gasteiger partial charge in [-0.1, -0.05) is 72.5 Å². The Balaban J connectivity index is 1.44. The minimum Gasteiger partial charge on any atom is -0.334 e. The zero-order valence-electron chi connectivity index (χ0n) is 17.0. The molecule has 1 aromatic heterocycles. The van der Waals surface area contributed by atoms with Gasteiger partial charge in [-0.25, -0.2) is 0 Å². The Bertz CT molecular complexity index is 1020. The molecule has 2 aliphatic rings. The SMILES string of the molecule is O=C1C(=CC=Cc2ccccc2)SC(=S)N1CC(=O)N1CCCC[C@H]1c1cccnc1. The van der Waals surface area contributed by atoms with Crippen molar-refractivity contribution >= 4 is 46.2 Å². The molecule has 0 aliphatic carbocycles. The predicted molar refractivity (Wildman–Crippen MR) is 128 cm³/mol. The molecule has 4 rings (SSSR count). The van der Waals surface area contributed by atoms with E-state index < -0.39 is 0 Å². The second kappa shape index (κ2) is 10.0. The second-order valence-electron chi connectivity index (χ2n) is 7.45. The zero-order valence-corrected chi connectivity index (χ0v) is 18.6. The molecule has 0 unspecified atom stereocenters. The van der Waals surface area contributed by atoms with Crippen molar-refractivity contribution in [2.24, 2.45) is 0 Å². The van der Waals surface area contributed by atoms with Crippen molar-refractivity contribution in [3.05, 3.63) is 83.0 Å². The van der Waals surface area contributed by atoms with Crippen molar-refractivity contribution in [2.75, 3.05) is 13.1 Å². The van der Waals surface area contributed by atoms with Crippen molar-refractivity contribution < 1.29 is 9.59 Å². The summed E-state index contributed by atoms with van der Waals surface area (Å²) in [4.78, 5) is 34.0. The van der Waals surface area contributed by atoms with Crippen molar-refractivity contribution in [1.82, 2.24) is 14.8 Å². The number of rotatable bonds is 5. The van der Waals surface area contributed by atoms with Crippen LogP contribution in [0.15, 0.2) is 71.9 Å². The van der Waals surface area contributed by atoms with Gasteiger partial charge >= 0.3 is 0 Å². The Kier molecular flexibility index (Phi) is 6.94. The summed E-state index contributed by atoms with van der Waals surface area (Å²) < 4.78 is 0.424. The van der Waals surface area contributed by atoms with Crippen molar-refractivity contribution in [3.63, 3.8) is 0 Å². The number of piperidine rings is 1. The number of thioether (sulfide) groups is 1. The third kappa shape index (κ3) is 5.11. The maximum absolute atomic E-state index is 13.1. The fourth-order valence-electron chi connectivity index (χ4n) is 3.84. The summed E-state index contributed by atoms with van der Waals surface area (Å²) in [6.45, 7) is 0.657. The van der Waals surface area contributed by atoms with Gasteiger partial charge in [0.15, 0.2) is 0 Å². The van der Waals surface area contributed by atoms with E-state index in [9.17, 15) is 9.59 Å². The standard InChI is InChI=1S/C24H23N3O2S2/c28-22(26-15-5-4-12-20(26)19-11-7-14-25-16-19)17-27-23(29)21(31-24(27)30)13-6-10-18-8-2-1-3-9-18/h1-3,6-11,13-14,16,20H,4-5,12,15,17H2/t20-/m0/s1. The van der Waals surface area contributed by atoms with E-state index in [0.717, 1.165) is 30.4 Å². The van der Waals surface area contributed by atoms with Gasteiger partial charge in [-0.2, -0.15) is 0 Å². The van der Waals surface area contributed by atoms with Crippen LogP contribution in [0.1, 0.15) is 36.4 Å². The number of hydrogen-bond acceptors (Lipinski definition) is 5. The molecule has 2 fully saturated rings. The van der Waals surface area contributed by atoms with Gasteiger partial charge in [0.1, 0.15) is 10.9 Å². The minimum atomic E-state index is -0.212. The number of carbonyl (C=O) groups is 2. The molecule has 2 aliphatic heterocycles. The molecule has 0 N–H and O–H groups in total. The van der Waals surface area contributed by atoms with Gasteiger partial charge in [0.05, 0.1) is 10.9 Å². The summed E-state index contributed by atoms with van der Waals surface area (Å²) in [6, 6.07) is 13.8. The lowest BCUT2D eigenvalue weighted by atomic mass is 9.96. The fourth-order valence-corrected chi connectivity index (χ4v) is 5.04. The molecule has 1 aromatic carbocycles. The third-order valence-electron chi connectivity index (χ3n) is 5.40. The Morgan fingerprint density at radius 3 is 2.81 bits per heavy atom. The van der Waals surface area contributed by atoms with E-state index in [1.54, 1.807) is 12.3 Å². The van der Waals surface area contributed by atoms with Crippen LogP contribution in [-0.4, -0.2) is 44.0 Å². The summed E-state index contributed by atoms with van der Waals surface area (Å²) in [5.41, 5.74) is 2.09. The van der Waals surface area contributed by atoms with Crippen molar-refractivity contribution in [1.29, 1.82) is 0 Å². The van der Waals surface area contributed by atoms with Crippen LogP contribution in [0.2, 0.25) is 0 Å². The Hall–Kier alpha value is -2.77. The van der Waals surface area contributed by atoms with E-state index >= 15 is 0 Å². The first kappa shape index (κ1) is 21.5. The second-order valence-corrected chi connectivity index (χ2v) is 9.12. The number of carbonyl (C=O) groups excluding carboxylic acids is 2. The quantitative estimate of drug-likeness (QED) is 0.494. The molecule has 158 valence electrons.